The predicted molar refractivity (Wildman–Crippen MR) is 110 cm³/mol. The standard InChI is InChI=1S/C21H34N4O5/c1-20(6-3-4-7-20)14-15(23-19(29)25-10-12-30-13-11-25)17(27)24-21(8-5-9-21)16(26)18(28)22-2/h15H,3-14H2,1-2H3,(H,22,28)(H,23,29)(H,24,27)/t15-/m0/s1. The van der Waals surface area contributed by atoms with Gasteiger partial charge in [0.25, 0.3) is 5.91 Å². The van der Waals surface area contributed by atoms with Crippen LogP contribution in [0.5, 0.6) is 0 Å². The molecule has 2 aliphatic carbocycles. The van der Waals surface area contributed by atoms with Crippen LogP contribution in [0.25, 0.3) is 0 Å². The molecule has 0 radical (unpaired) electrons. The normalized spacial score (nSPS) is 23.1. The van der Waals surface area contributed by atoms with Gasteiger partial charge in [-0.3, -0.25) is 14.4 Å². The maximum atomic E-state index is 13.3. The lowest BCUT2D eigenvalue weighted by atomic mass is 9.72. The number of likely N-dealkylation sites (N-methyl/N-ethyl adjacent to an activating group) is 1. The molecule has 3 rings (SSSR count). The molecular weight excluding hydrogens is 388 g/mol. The van der Waals surface area contributed by atoms with Crippen molar-refractivity contribution in [2.24, 2.45) is 5.41 Å². The largest absolute Gasteiger partial charge is 0.378 e. The van der Waals surface area contributed by atoms with E-state index >= 15 is 0 Å². The Balaban J connectivity index is 1.72. The lowest BCUT2D eigenvalue weighted by molar-refractivity contribution is -0.146. The van der Waals surface area contributed by atoms with Crippen molar-refractivity contribution in [3.8, 4) is 0 Å². The Kier molecular flexibility index (Phi) is 7.00. The van der Waals surface area contributed by atoms with E-state index in [2.05, 4.69) is 22.9 Å². The highest BCUT2D eigenvalue weighted by atomic mass is 16.5. The first-order valence-corrected chi connectivity index (χ1v) is 11.0. The average Bonchev–Trinajstić information content (AvgIpc) is 3.15. The van der Waals surface area contributed by atoms with Crippen molar-refractivity contribution in [3.05, 3.63) is 0 Å². The number of urea groups is 1. The third-order valence-corrected chi connectivity index (χ3v) is 6.86. The SMILES string of the molecule is CNC(=O)C(=O)C1(NC(=O)[C@H](CC2(C)CCCC2)NC(=O)N2CCOCC2)CCC1. The number of amides is 4. The number of hydrogen-bond acceptors (Lipinski definition) is 5. The van der Waals surface area contributed by atoms with Gasteiger partial charge in [0.05, 0.1) is 13.2 Å². The summed E-state index contributed by atoms with van der Waals surface area (Å²) >= 11 is 0. The highest BCUT2D eigenvalue weighted by Crippen LogP contribution is 2.41. The highest BCUT2D eigenvalue weighted by molar-refractivity contribution is 6.40. The van der Waals surface area contributed by atoms with Gasteiger partial charge in [0.1, 0.15) is 11.6 Å². The van der Waals surface area contributed by atoms with Crippen molar-refractivity contribution in [3.63, 3.8) is 0 Å². The summed E-state index contributed by atoms with van der Waals surface area (Å²) in [5.41, 5.74) is -1.19. The zero-order chi connectivity index (χ0) is 21.8. The van der Waals surface area contributed by atoms with Crippen LogP contribution in [-0.4, -0.2) is 73.5 Å². The first-order valence-electron chi connectivity index (χ1n) is 11.0. The molecule has 0 spiro atoms. The average molecular weight is 423 g/mol. The molecule has 0 aromatic rings. The number of ketones is 1. The van der Waals surface area contributed by atoms with E-state index in [0.29, 0.717) is 45.6 Å². The molecule has 0 bridgehead atoms. The van der Waals surface area contributed by atoms with Gasteiger partial charge in [-0.2, -0.15) is 0 Å². The van der Waals surface area contributed by atoms with Gasteiger partial charge in [-0.15, -0.1) is 0 Å². The van der Waals surface area contributed by atoms with Crippen molar-refractivity contribution in [2.45, 2.75) is 69.9 Å². The number of morpholine rings is 1. The molecule has 1 aliphatic heterocycles. The Hall–Kier alpha value is -2.16. The van der Waals surface area contributed by atoms with E-state index in [1.807, 2.05) is 0 Å². The van der Waals surface area contributed by atoms with Gasteiger partial charge in [0.2, 0.25) is 11.7 Å². The zero-order valence-electron chi connectivity index (χ0n) is 18.1. The minimum atomic E-state index is -1.16. The number of carbonyl (C=O) groups is 4. The fourth-order valence-electron chi connectivity index (χ4n) is 4.73. The molecule has 0 unspecified atom stereocenters. The van der Waals surface area contributed by atoms with E-state index in [0.717, 1.165) is 32.1 Å². The summed E-state index contributed by atoms with van der Waals surface area (Å²) in [5.74, 6) is -1.71. The molecule has 3 fully saturated rings. The molecule has 9 heteroatoms. The molecule has 4 amide bonds. The summed E-state index contributed by atoms with van der Waals surface area (Å²) in [6.07, 6.45) is 6.39. The van der Waals surface area contributed by atoms with Crippen LogP contribution < -0.4 is 16.0 Å². The van der Waals surface area contributed by atoms with Gasteiger partial charge in [-0.05, 0) is 43.9 Å². The van der Waals surface area contributed by atoms with Crippen LogP contribution in [0.4, 0.5) is 4.79 Å². The number of rotatable bonds is 7. The van der Waals surface area contributed by atoms with Crippen LogP contribution in [0.3, 0.4) is 0 Å². The zero-order valence-corrected chi connectivity index (χ0v) is 18.1. The number of nitrogens with one attached hydrogen (secondary N) is 3. The summed E-state index contributed by atoms with van der Waals surface area (Å²) in [7, 11) is 1.40. The molecule has 0 aromatic heterocycles. The first-order chi connectivity index (χ1) is 14.3. The fourth-order valence-corrected chi connectivity index (χ4v) is 4.73. The number of carbonyl (C=O) groups excluding carboxylic acids is 4. The van der Waals surface area contributed by atoms with Crippen LogP contribution in [-0.2, 0) is 19.1 Å². The van der Waals surface area contributed by atoms with E-state index in [4.69, 9.17) is 4.74 Å². The predicted octanol–water partition coefficient (Wildman–Crippen LogP) is 0.721. The third-order valence-electron chi connectivity index (χ3n) is 6.86. The molecule has 9 nitrogen and oxygen atoms in total. The minimum absolute atomic E-state index is 0.0299. The molecule has 1 heterocycles. The van der Waals surface area contributed by atoms with E-state index < -0.39 is 23.3 Å². The summed E-state index contributed by atoms with van der Waals surface area (Å²) in [6.45, 7) is 4.07. The smallest absolute Gasteiger partial charge is 0.318 e. The third kappa shape index (κ3) is 4.94. The van der Waals surface area contributed by atoms with Crippen LogP contribution in [0.2, 0.25) is 0 Å². The lowest BCUT2D eigenvalue weighted by Gasteiger charge is -2.41. The molecular formula is C21H34N4O5. The Morgan fingerprint density at radius 1 is 1.00 bits per heavy atom. The van der Waals surface area contributed by atoms with E-state index in [1.165, 1.54) is 7.05 Å². The maximum Gasteiger partial charge on any atom is 0.318 e. The molecule has 1 atom stereocenters. The molecule has 3 aliphatic rings. The van der Waals surface area contributed by atoms with Crippen molar-refractivity contribution in [2.75, 3.05) is 33.4 Å². The Morgan fingerprint density at radius 2 is 1.63 bits per heavy atom. The molecule has 3 N–H and O–H groups in total. The van der Waals surface area contributed by atoms with Gasteiger partial charge in [-0.25, -0.2) is 4.79 Å². The van der Waals surface area contributed by atoms with Crippen molar-refractivity contribution >= 4 is 23.6 Å². The topological polar surface area (TPSA) is 117 Å². The molecule has 30 heavy (non-hydrogen) atoms. The van der Waals surface area contributed by atoms with Crippen LogP contribution in [0, 0.1) is 5.41 Å². The fraction of sp³-hybridized carbons (Fsp3) is 0.810. The van der Waals surface area contributed by atoms with Crippen molar-refractivity contribution in [1.82, 2.24) is 20.9 Å². The quantitative estimate of drug-likeness (QED) is 0.523. The molecule has 0 aromatic carbocycles. The van der Waals surface area contributed by atoms with Crippen molar-refractivity contribution in [1.29, 1.82) is 0 Å². The van der Waals surface area contributed by atoms with Gasteiger partial charge in [0, 0.05) is 20.1 Å². The minimum Gasteiger partial charge on any atom is -0.378 e. The lowest BCUT2D eigenvalue weighted by Crippen LogP contribution is -2.65. The second-order valence-corrected chi connectivity index (χ2v) is 9.16. The summed E-state index contributed by atoms with van der Waals surface area (Å²) in [4.78, 5) is 52.2. The second-order valence-electron chi connectivity index (χ2n) is 9.16. The number of ether oxygens (including phenoxy) is 1. The Bertz CT molecular complexity index is 679. The maximum absolute atomic E-state index is 13.3. The number of hydrogen-bond donors (Lipinski definition) is 3. The molecule has 1 saturated heterocycles. The summed E-state index contributed by atoms with van der Waals surface area (Å²) in [5, 5.41) is 8.09. The van der Waals surface area contributed by atoms with E-state index in [-0.39, 0.29) is 17.4 Å². The Labute approximate surface area is 177 Å². The van der Waals surface area contributed by atoms with Gasteiger partial charge >= 0.3 is 6.03 Å². The summed E-state index contributed by atoms with van der Waals surface area (Å²) < 4.78 is 5.30. The van der Waals surface area contributed by atoms with E-state index in [1.54, 1.807) is 4.90 Å². The van der Waals surface area contributed by atoms with Crippen LogP contribution in [0.1, 0.15) is 58.3 Å². The van der Waals surface area contributed by atoms with Crippen LogP contribution >= 0.6 is 0 Å². The van der Waals surface area contributed by atoms with E-state index in [9.17, 15) is 19.2 Å². The number of Topliss-reactive ketones (excluding diaryl/α,β-unsaturated/α-hetero) is 1. The molecule has 168 valence electrons. The van der Waals surface area contributed by atoms with Crippen LogP contribution in [0.15, 0.2) is 0 Å². The van der Waals surface area contributed by atoms with Gasteiger partial charge in [0.15, 0.2) is 0 Å². The number of nitrogens with zero attached hydrogens (tertiary/aromatic N) is 1. The monoisotopic (exact) mass is 422 g/mol. The van der Waals surface area contributed by atoms with Gasteiger partial charge < -0.3 is 25.6 Å². The molecule has 2 saturated carbocycles. The highest BCUT2D eigenvalue weighted by Gasteiger charge is 2.49. The Morgan fingerprint density at radius 3 is 2.17 bits per heavy atom. The second kappa shape index (κ2) is 9.32. The van der Waals surface area contributed by atoms with Gasteiger partial charge in [-0.1, -0.05) is 19.8 Å². The summed E-state index contributed by atoms with van der Waals surface area (Å²) in [6, 6.07) is -1.04. The van der Waals surface area contributed by atoms with Crippen molar-refractivity contribution < 1.29 is 23.9 Å². The first kappa shape index (κ1) is 22.5.